The van der Waals surface area contributed by atoms with Crippen molar-refractivity contribution < 1.29 is 14.1 Å². The number of imidazole rings is 1. The van der Waals surface area contributed by atoms with Crippen molar-refractivity contribution in [3.63, 3.8) is 0 Å². The van der Waals surface area contributed by atoms with E-state index in [2.05, 4.69) is 29.5 Å². The standard InChI is InChI=1S/C32H35FN6O3S/c1-3-23(2)30(21-37(19-24-9-5-4-6-10-24)32(43)36-29-12-8-7-11-28(29)33)35-31(40)17-27-18-34-22-38(27)20-25-13-15-26(16-14-25)39(41)42/h4-16,18,22-23,30H,3,17,19-21H2,1-2H3,(H,35,40)(H,36,43)/t23-,30+/m0/s1. The molecule has 0 radical (unpaired) electrons. The number of nitro benzene ring substituents is 1. The number of thiocarbonyl (C=S) groups is 1. The maximum absolute atomic E-state index is 14.4. The summed E-state index contributed by atoms with van der Waals surface area (Å²) >= 11 is 5.75. The van der Waals surface area contributed by atoms with E-state index < -0.39 is 10.7 Å². The predicted octanol–water partition coefficient (Wildman–Crippen LogP) is 5.95. The highest BCUT2D eigenvalue weighted by molar-refractivity contribution is 7.80. The summed E-state index contributed by atoms with van der Waals surface area (Å²) in [4.78, 5) is 30.1. The monoisotopic (exact) mass is 602 g/mol. The normalized spacial score (nSPS) is 12.3. The molecule has 4 rings (SSSR count). The zero-order valence-corrected chi connectivity index (χ0v) is 25.0. The van der Waals surface area contributed by atoms with Crippen LogP contribution in [-0.2, 0) is 24.3 Å². The average Bonchev–Trinajstić information content (AvgIpc) is 3.43. The summed E-state index contributed by atoms with van der Waals surface area (Å²) in [6.07, 6.45) is 4.23. The summed E-state index contributed by atoms with van der Waals surface area (Å²) in [7, 11) is 0. The van der Waals surface area contributed by atoms with E-state index in [0.717, 1.165) is 23.2 Å². The number of nitrogens with zero attached hydrogens (tertiary/aromatic N) is 4. The van der Waals surface area contributed by atoms with Gasteiger partial charge in [0.1, 0.15) is 5.82 Å². The maximum atomic E-state index is 14.4. The number of halogens is 1. The third kappa shape index (κ3) is 8.92. The molecule has 2 N–H and O–H groups in total. The van der Waals surface area contributed by atoms with Crippen molar-refractivity contribution in [2.75, 3.05) is 11.9 Å². The van der Waals surface area contributed by atoms with Gasteiger partial charge in [0.25, 0.3) is 5.69 Å². The number of para-hydroxylation sites is 1. The van der Waals surface area contributed by atoms with Crippen LogP contribution in [0.4, 0.5) is 15.8 Å². The molecule has 0 saturated heterocycles. The van der Waals surface area contributed by atoms with Crippen LogP contribution in [0.25, 0.3) is 0 Å². The number of aromatic nitrogens is 2. The fraction of sp³-hybridized carbons (Fsp3) is 0.281. The number of benzene rings is 3. The predicted molar refractivity (Wildman–Crippen MR) is 169 cm³/mol. The molecule has 0 fully saturated rings. The molecule has 0 unspecified atom stereocenters. The molecule has 0 saturated carbocycles. The molecule has 0 aliphatic rings. The number of nitrogens with one attached hydrogen (secondary N) is 2. The van der Waals surface area contributed by atoms with E-state index in [-0.39, 0.29) is 35.7 Å². The van der Waals surface area contributed by atoms with Gasteiger partial charge >= 0.3 is 0 Å². The molecule has 43 heavy (non-hydrogen) atoms. The highest BCUT2D eigenvalue weighted by atomic mass is 32.1. The summed E-state index contributed by atoms with van der Waals surface area (Å²) in [5.41, 5.74) is 2.92. The summed E-state index contributed by atoms with van der Waals surface area (Å²) in [6.45, 7) is 5.47. The topological polar surface area (TPSA) is 105 Å². The number of anilines is 1. The van der Waals surface area contributed by atoms with Gasteiger partial charge in [-0.25, -0.2) is 9.37 Å². The van der Waals surface area contributed by atoms with Gasteiger partial charge in [0.15, 0.2) is 5.11 Å². The first kappa shape index (κ1) is 31.3. The lowest BCUT2D eigenvalue weighted by molar-refractivity contribution is -0.384. The lowest BCUT2D eigenvalue weighted by Crippen LogP contribution is -2.50. The molecule has 9 nitrogen and oxygen atoms in total. The molecule has 4 aromatic rings. The number of amides is 1. The molecular formula is C32H35FN6O3S. The molecule has 1 heterocycles. The van der Waals surface area contributed by atoms with E-state index >= 15 is 0 Å². The molecule has 1 amide bonds. The summed E-state index contributed by atoms with van der Waals surface area (Å²) in [6, 6.07) is 22.3. The molecule has 224 valence electrons. The van der Waals surface area contributed by atoms with E-state index in [1.165, 1.54) is 18.2 Å². The van der Waals surface area contributed by atoms with Gasteiger partial charge < -0.3 is 20.1 Å². The number of carbonyl (C=O) groups excluding carboxylic acids is 1. The van der Waals surface area contributed by atoms with Crippen molar-refractivity contribution in [2.45, 2.75) is 45.8 Å². The number of hydrogen-bond acceptors (Lipinski definition) is 5. The van der Waals surface area contributed by atoms with Gasteiger partial charge in [-0.1, -0.05) is 74.9 Å². The average molecular weight is 603 g/mol. The van der Waals surface area contributed by atoms with Gasteiger partial charge in [-0.3, -0.25) is 14.9 Å². The molecule has 1 aromatic heterocycles. The van der Waals surface area contributed by atoms with Gasteiger partial charge in [-0.2, -0.15) is 0 Å². The van der Waals surface area contributed by atoms with Gasteiger partial charge in [0.2, 0.25) is 5.91 Å². The van der Waals surface area contributed by atoms with E-state index in [4.69, 9.17) is 12.2 Å². The second-order valence-electron chi connectivity index (χ2n) is 10.4. The van der Waals surface area contributed by atoms with Crippen molar-refractivity contribution >= 4 is 34.6 Å². The van der Waals surface area contributed by atoms with Crippen LogP contribution < -0.4 is 10.6 Å². The van der Waals surface area contributed by atoms with Crippen LogP contribution in [0.1, 0.15) is 37.1 Å². The lowest BCUT2D eigenvalue weighted by atomic mass is 9.98. The van der Waals surface area contributed by atoms with Crippen molar-refractivity contribution in [1.29, 1.82) is 0 Å². The highest BCUT2D eigenvalue weighted by Crippen LogP contribution is 2.18. The van der Waals surface area contributed by atoms with Crippen molar-refractivity contribution in [3.05, 3.63) is 124 Å². The molecule has 0 aliphatic heterocycles. The zero-order chi connectivity index (χ0) is 30.8. The quantitative estimate of drug-likeness (QED) is 0.111. The first-order chi connectivity index (χ1) is 20.7. The van der Waals surface area contributed by atoms with E-state index in [1.54, 1.807) is 42.9 Å². The number of nitro groups is 1. The van der Waals surface area contributed by atoms with E-state index in [0.29, 0.717) is 24.7 Å². The SMILES string of the molecule is CC[C@H](C)[C@@H](CN(Cc1ccccc1)C(=S)Nc1ccccc1F)NC(=O)Cc1cncn1Cc1ccc([N+](=O)[O-])cc1. The van der Waals surface area contributed by atoms with Crippen LogP contribution >= 0.6 is 12.2 Å². The molecule has 0 spiro atoms. The van der Waals surface area contributed by atoms with E-state index in [9.17, 15) is 19.3 Å². The number of carbonyl (C=O) groups is 1. The third-order valence-corrected chi connectivity index (χ3v) is 7.71. The highest BCUT2D eigenvalue weighted by Gasteiger charge is 2.24. The third-order valence-electron chi connectivity index (χ3n) is 7.35. The second kappa shape index (κ2) is 15.0. The van der Waals surface area contributed by atoms with Gasteiger partial charge in [-0.05, 0) is 41.4 Å². The Kier molecular flexibility index (Phi) is 10.9. The van der Waals surface area contributed by atoms with Gasteiger partial charge in [0.05, 0.1) is 23.4 Å². The number of non-ortho nitro benzene ring substituents is 1. The Hall–Kier alpha value is -4.64. The summed E-state index contributed by atoms with van der Waals surface area (Å²) in [5.74, 6) is -0.437. The van der Waals surface area contributed by atoms with Crippen LogP contribution in [0.3, 0.4) is 0 Å². The van der Waals surface area contributed by atoms with E-state index in [1.807, 2.05) is 39.8 Å². The van der Waals surface area contributed by atoms with Crippen molar-refractivity contribution in [2.24, 2.45) is 5.92 Å². The largest absolute Gasteiger partial charge is 0.351 e. The molecule has 2 atom stereocenters. The Morgan fingerprint density at radius 3 is 2.44 bits per heavy atom. The Balaban J connectivity index is 1.47. The number of hydrogen-bond donors (Lipinski definition) is 2. The van der Waals surface area contributed by atoms with Crippen molar-refractivity contribution in [1.82, 2.24) is 19.8 Å². The minimum absolute atomic E-state index is 0.0231. The Bertz CT molecular complexity index is 1530. The van der Waals surface area contributed by atoms with Crippen LogP contribution in [-0.4, -0.2) is 43.0 Å². The first-order valence-corrected chi connectivity index (χ1v) is 14.5. The van der Waals surface area contributed by atoms with Crippen LogP contribution in [0, 0.1) is 21.8 Å². The minimum atomic E-state index is -0.436. The van der Waals surface area contributed by atoms with Crippen molar-refractivity contribution in [3.8, 4) is 0 Å². The van der Waals surface area contributed by atoms with Crippen LogP contribution in [0.2, 0.25) is 0 Å². The molecular weight excluding hydrogens is 567 g/mol. The number of rotatable bonds is 13. The van der Waals surface area contributed by atoms with Gasteiger partial charge in [0, 0.05) is 49.7 Å². The van der Waals surface area contributed by atoms with Crippen LogP contribution in [0.15, 0.2) is 91.4 Å². The van der Waals surface area contributed by atoms with Gasteiger partial charge in [-0.15, -0.1) is 0 Å². The molecule has 11 heteroatoms. The first-order valence-electron chi connectivity index (χ1n) is 14.1. The Morgan fingerprint density at radius 2 is 1.77 bits per heavy atom. The molecule has 0 bridgehead atoms. The second-order valence-corrected chi connectivity index (χ2v) is 10.8. The molecule has 3 aromatic carbocycles. The minimum Gasteiger partial charge on any atom is -0.351 e. The fourth-order valence-electron chi connectivity index (χ4n) is 4.65. The Morgan fingerprint density at radius 1 is 1.07 bits per heavy atom. The summed E-state index contributed by atoms with van der Waals surface area (Å²) in [5, 5.41) is 17.6. The summed E-state index contributed by atoms with van der Waals surface area (Å²) < 4.78 is 16.3. The van der Waals surface area contributed by atoms with Crippen LogP contribution in [0.5, 0.6) is 0 Å². The fourth-order valence-corrected chi connectivity index (χ4v) is 4.90. The molecule has 0 aliphatic carbocycles. The maximum Gasteiger partial charge on any atom is 0.269 e. The smallest absolute Gasteiger partial charge is 0.269 e. The Labute approximate surface area is 255 Å². The lowest BCUT2D eigenvalue weighted by Gasteiger charge is -2.33. The zero-order valence-electron chi connectivity index (χ0n) is 24.2.